The van der Waals surface area contributed by atoms with Crippen LogP contribution in [-0.2, 0) is 30.5 Å². The molecule has 302 valence electrons. The number of nitrogens with one attached hydrogen (secondary N) is 2. The summed E-state index contributed by atoms with van der Waals surface area (Å²) in [6.45, 7) is 13.4. The zero-order valence-corrected chi connectivity index (χ0v) is 36.3. The summed E-state index contributed by atoms with van der Waals surface area (Å²) in [5.41, 5.74) is 5.96. The number of carboxylic acid groups (broad SMARTS) is 2. The van der Waals surface area contributed by atoms with Crippen LogP contribution in [0.1, 0.15) is 137 Å². The van der Waals surface area contributed by atoms with E-state index in [0.717, 1.165) is 12.0 Å². The van der Waals surface area contributed by atoms with Crippen molar-refractivity contribution in [1.82, 2.24) is 15.5 Å². The van der Waals surface area contributed by atoms with Crippen LogP contribution in [-0.4, -0.2) is 94.1 Å². The molecule has 0 spiro atoms. The van der Waals surface area contributed by atoms with E-state index in [2.05, 4.69) is 55.7 Å². The van der Waals surface area contributed by atoms with Gasteiger partial charge in [-0.25, -0.2) is 14.4 Å². The van der Waals surface area contributed by atoms with Gasteiger partial charge in [0.25, 0.3) is 0 Å². The molecule has 1 aromatic rings. The first-order valence-electron chi connectivity index (χ1n) is 19.9. The molecule has 0 saturated heterocycles. The van der Waals surface area contributed by atoms with E-state index in [1.165, 1.54) is 51.8 Å². The zero-order valence-electron chi connectivity index (χ0n) is 33.5. The minimum atomic E-state index is -2.59. The Labute approximate surface area is 322 Å². The van der Waals surface area contributed by atoms with Gasteiger partial charge in [-0.1, -0.05) is 0 Å². The SMILES string of the molecule is CCC[CH2][Sn]([CH2]CCC)([CH2]CCC)[c]1ccc(CN(CCCCC(NC(=O)NC(CCC(=O)O)C(=O)O)C(=O)OC(C)(C)C)C(=O)CCCCN)cc1. The second-order valence-electron chi connectivity index (χ2n) is 15.4. The summed E-state index contributed by atoms with van der Waals surface area (Å²) in [5, 5.41) is 23.2. The summed E-state index contributed by atoms with van der Waals surface area (Å²) in [6.07, 6.45) is 9.88. The van der Waals surface area contributed by atoms with Crippen molar-refractivity contribution >= 4 is 51.8 Å². The maximum absolute atomic E-state index is 13.5. The molecule has 12 nitrogen and oxygen atoms in total. The van der Waals surface area contributed by atoms with E-state index >= 15 is 0 Å². The van der Waals surface area contributed by atoms with Gasteiger partial charge in [0.15, 0.2) is 0 Å². The molecule has 0 fully saturated rings. The number of nitrogens with zero attached hydrogens (tertiary/aromatic N) is 1. The predicted octanol–water partition coefficient (Wildman–Crippen LogP) is 6.70. The molecular formula is C40H70N4O8Sn. The van der Waals surface area contributed by atoms with Gasteiger partial charge in [-0.15, -0.1) is 0 Å². The molecule has 1 rings (SSSR count). The van der Waals surface area contributed by atoms with Crippen molar-refractivity contribution in [2.75, 3.05) is 13.1 Å². The Kier molecular flexibility index (Phi) is 23.6. The third-order valence-electron chi connectivity index (χ3n) is 9.58. The molecule has 0 aromatic heterocycles. The Morgan fingerprint density at radius 1 is 0.774 bits per heavy atom. The van der Waals surface area contributed by atoms with Gasteiger partial charge < -0.3 is 20.3 Å². The number of hydrogen-bond acceptors (Lipinski definition) is 7. The first kappa shape index (κ1) is 48.1. The van der Waals surface area contributed by atoms with Crippen molar-refractivity contribution in [1.29, 1.82) is 0 Å². The fraction of sp³-hybridized carbons (Fsp3) is 0.725. The summed E-state index contributed by atoms with van der Waals surface area (Å²) in [7, 11) is 0. The molecule has 0 aliphatic rings. The van der Waals surface area contributed by atoms with E-state index in [1.807, 2.05) is 4.90 Å². The number of carboxylic acids is 2. The van der Waals surface area contributed by atoms with Crippen molar-refractivity contribution < 1.29 is 38.9 Å². The van der Waals surface area contributed by atoms with Crippen LogP contribution in [0.3, 0.4) is 0 Å². The third-order valence-corrected chi connectivity index (χ3v) is 25.3. The van der Waals surface area contributed by atoms with E-state index < -0.39 is 66.4 Å². The van der Waals surface area contributed by atoms with Crippen molar-refractivity contribution in [2.24, 2.45) is 5.73 Å². The molecule has 53 heavy (non-hydrogen) atoms. The number of carbonyl (C=O) groups excluding carboxylic acids is 3. The quantitative estimate of drug-likeness (QED) is 0.0347. The summed E-state index contributed by atoms with van der Waals surface area (Å²) in [5.74, 6) is -3.19. The van der Waals surface area contributed by atoms with Crippen molar-refractivity contribution in [3.8, 4) is 0 Å². The first-order valence-corrected chi connectivity index (χ1v) is 27.4. The monoisotopic (exact) mass is 854 g/mol. The molecular weight excluding hydrogens is 783 g/mol. The molecule has 0 aliphatic heterocycles. The molecule has 13 heteroatoms. The third kappa shape index (κ3) is 19.9. The second-order valence-corrected chi connectivity index (χ2v) is 28.6. The van der Waals surface area contributed by atoms with E-state index in [4.69, 9.17) is 15.6 Å². The number of unbranched alkanes of at least 4 members (excludes halogenated alkanes) is 5. The fourth-order valence-electron chi connectivity index (χ4n) is 6.56. The van der Waals surface area contributed by atoms with Gasteiger partial charge in [0.2, 0.25) is 0 Å². The summed E-state index contributed by atoms with van der Waals surface area (Å²) >= 11 is -2.59. The van der Waals surface area contributed by atoms with E-state index in [-0.39, 0.29) is 18.7 Å². The Morgan fingerprint density at radius 2 is 1.34 bits per heavy atom. The van der Waals surface area contributed by atoms with Gasteiger partial charge in [0.1, 0.15) is 11.6 Å². The van der Waals surface area contributed by atoms with Gasteiger partial charge in [-0.3, -0.25) is 4.79 Å². The number of carbonyl (C=O) groups is 5. The minimum absolute atomic E-state index is 0.0483. The average Bonchev–Trinajstić information content (AvgIpc) is 3.10. The van der Waals surface area contributed by atoms with Crippen molar-refractivity contribution in [2.45, 2.75) is 169 Å². The number of rotatable bonds is 28. The van der Waals surface area contributed by atoms with Gasteiger partial charge in [-0.2, -0.15) is 0 Å². The van der Waals surface area contributed by atoms with Crippen LogP contribution < -0.4 is 19.9 Å². The van der Waals surface area contributed by atoms with Gasteiger partial charge >= 0.3 is 239 Å². The van der Waals surface area contributed by atoms with E-state index in [9.17, 15) is 29.1 Å². The summed E-state index contributed by atoms with van der Waals surface area (Å²) < 4.78 is 11.3. The molecule has 3 amide bonds. The second kappa shape index (κ2) is 26.0. The van der Waals surface area contributed by atoms with Crippen LogP contribution in [0.4, 0.5) is 4.79 Å². The van der Waals surface area contributed by atoms with Crippen molar-refractivity contribution in [3.05, 3.63) is 29.8 Å². The number of aliphatic carboxylic acids is 2. The number of urea groups is 1. The number of nitrogens with two attached hydrogens (primary N) is 1. The molecule has 0 saturated carbocycles. The molecule has 0 radical (unpaired) electrons. The Balaban J connectivity index is 3.14. The maximum atomic E-state index is 13.5. The van der Waals surface area contributed by atoms with Gasteiger partial charge in [0, 0.05) is 6.42 Å². The first-order chi connectivity index (χ1) is 25.1. The van der Waals surface area contributed by atoms with Crippen LogP contribution in [0.15, 0.2) is 24.3 Å². The van der Waals surface area contributed by atoms with E-state index in [1.54, 1.807) is 24.4 Å². The van der Waals surface area contributed by atoms with Crippen LogP contribution in [0.25, 0.3) is 0 Å². The number of ether oxygens (including phenoxy) is 1. The van der Waals surface area contributed by atoms with Crippen molar-refractivity contribution in [3.63, 3.8) is 0 Å². The summed E-state index contributed by atoms with van der Waals surface area (Å²) in [4.78, 5) is 63.8. The Hall–Kier alpha value is -2.87. The van der Waals surface area contributed by atoms with E-state index in [0.29, 0.717) is 45.3 Å². The van der Waals surface area contributed by atoms with Crippen LogP contribution in [0.2, 0.25) is 13.3 Å². The molecule has 0 bridgehead atoms. The van der Waals surface area contributed by atoms with Gasteiger partial charge in [-0.05, 0) is 27.2 Å². The molecule has 2 atom stereocenters. The summed E-state index contributed by atoms with van der Waals surface area (Å²) in [6, 6.07) is 5.72. The molecule has 1 aromatic carbocycles. The zero-order chi connectivity index (χ0) is 39.9. The molecule has 6 N–H and O–H groups in total. The normalized spacial score (nSPS) is 12.8. The van der Waals surface area contributed by atoms with Crippen LogP contribution in [0, 0.1) is 0 Å². The number of esters is 1. The average molecular weight is 854 g/mol. The Morgan fingerprint density at radius 3 is 1.83 bits per heavy atom. The number of benzene rings is 1. The van der Waals surface area contributed by atoms with Gasteiger partial charge in [0.05, 0.1) is 0 Å². The number of hydrogen-bond donors (Lipinski definition) is 5. The fourth-order valence-corrected chi connectivity index (χ4v) is 22.5. The topological polar surface area (TPSA) is 188 Å². The Bertz CT molecular complexity index is 1230. The molecule has 0 aliphatic carbocycles. The standard InChI is InChI=1S/C28H43N4O8.3C4H9.Sn/c1-28(2,3)40-26(38)22(31-27(39)30-21(25(36)37)15-16-24(34)35)13-8-10-18-32(23(33)14-7-9-17-29)19-20-11-5-4-6-12-20;3*1-3-4-2;/h5-6,11-12,21-22H,7-10,13-19,29H2,1-3H3,(H,34,35)(H,36,37)(H2,30,31,39);3*1,3-4H2,2H3;. The van der Waals surface area contributed by atoms with Crippen LogP contribution in [0.5, 0.6) is 0 Å². The number of amides is 3. The predicted molar refractivity (Wildman–Crippen MR) is 213 cm³/mol. The molecule has 2 unspecified atom stereocenters. The molecule has 0 heterocycles. The van der Waals surface area contributed by atoms with Crippen LogP contribution >= 0.6 is 0 Å².